The number of quaternary nitrogens is 1. The molecule has 8 heteroatoms. The van der Waals surface area contributed by atoms with Gasteiger partial charge in [0.15, 0.2) is 6.10 Å². The van der Waals surface area contributed by atoms with E-state index in [1.54, 1.807) is 21.1 Å². The quantitative estimate of drug-likeness (QED) is 0.0259. The van der Waals surface area contributed by atoms with E-state index < -0.39 is 18.1 Å². The van der Waals surface area contributed by atoms with Gasteiger partial charge in [-0.3, -0.25) is 9.59 Å². The summed E-state index contributed by atoms with van der Waals surface area (Å²) in [6.07, 6.45) is 58.6. The zero-order valence-electron chi connectivity index (χ0n) is 43.2. The van der Waals surface area contributed by atoms with E-state index in [0.29, 0.717) is 12.8 Å². The van der Waals surface area contributed by atoms with E-state index in [0.717, 1.165) is 70.6 Å². The summed E-state index contributed by atoms with van der Waals surface area (Å²) in [4.78, 5) is 37.1. The van der Waals surface area contributed by atoms with Gasteiger partial charge in [0.25, 0.3) is 0 Å². The summed E-state index contributed by atoms with van der Waals surface area (Å²) in [7, 11) is 5.42. The predicted octanol–water partition coefficient (Wildman–Crippen LogP) is 14.6. The lowest BCUT2D eigenvalue weighted by Gasteiger charge is -2.34. The Morgan fingerprint density at radius 3 is 1.28 bits per heavy atom. The first kappa shape index (κ1) is 62.3. The third-order valence-electron chi connectivity index (χ3n) is 12.2. The lowest BCUT2D eigenvalue weighted by Crippen LogP contribution is -2.55. The molecule has 0 bridgehead atoms. The number of carboxylic acids is 1. The molecule has 0 aliphatic carbocycles. The Bertz CT molecular complexity index is 1200. The number of hydrogen-bond acceptors (Lipinski definition) is 7. The lowest BCUT2D eigenvalue weighted by atomic mass is 10.0. The predicted molar refractivity (Wildman–Crippen MR) is 273 cm³/mol. The zero-order chi connectivity index (χ0) is 47.7. The summed E-state index contributed by atoms with van der Waals surface area (Å²) in [6.45, 7) is 4.58. The van der Waals surface area contributed by atoms with Crippen LogP contribution >= 0.6 is 0 Å². The third-order valence-corrected chi connectivity index (χ3v) is 12.2. The van der Waals surface area contributed by atoms with E-state index >= 15 is 0 Å². The van der Waals surface area contributed by atoms with Crippen LogP contribution in [0.4, 0.5) is 0 Å². The fourth-order valence-electron chi connectivity index (χ4n) is 8.06. The van der Waals surface area contributed by atoms with Gasteiger partial charge >= 0.3 is 11.9 Å². The summed E-state index contributed by atoms with van der Waals surface area (Å²) in [5, 5.41) is 11.7. The number of ether oxygens (including phenoxy) is 3. The van der Waals surface area contributed by atoms with Crippen molar-refractivity contribution in [3.63, 3.8) is 0 Å². The van der Waals surface area contributed by atoms with Crippen LogP contribution in [0.1, 0.15) is 245 Å². The van der Waals surface area contributed by atoms with E-state index in [1.165, 1.54) is 141 Å². The van der Waals surface area contributed by atoms with Gasteiger partial charge in [-0.05, 0) is 51.4 Å². The maximum absolute atomic E-state index is 12.8. The standard InChI is InChI=1S/C57H103NO7/c1-6-8-10-12-14-16-18-20-22-24-26-28-30-32-34-36-38-40-42-44-46-48-56(60)65-53(51-63-50-49-54(57(61)62)58(3,4)5)52-64-55(59)47-45-43-41-39-37-35-33-31-29-27-25-23-21-19-17-15-13-11-9-7-2/h8,10,14,16,20,22,26,28,53-54H,6-7,9,11-13,15,17-19,21,23-25,27,29-52H2,1-5H3/b10-8-,16-14-,22-20-,28-26-. The van der Waals surface area contributed by atoms with Gasteiger partial charge < -0.3 is 28.6 Å². The van der Waals surface area contributed by atoms with Gasteiger partial charge in [0.05, 0.1) is 40.3 Å². The lowest BCUT2D eigenvalue weighted by molar-refractivity contribution is -0.889. The number of unbranched alkanes of at least 4 members (excludes halogenated alkanes) is 27. The Kier molecular flexibility index (Phi) is 45.8. The molecule has 0 saturated carbocycles. The van der Waals surface area contributed by atoms with Crippen LogP contribution < -0.4 is 5.11 Å². The molecule has 0 aromatic rings. The summed E-state index contributed by atoms with van der Waals surface area (Å²) >= 11 is 0. The van der Waals surface area contributed by atoms with Gasteiger partial charge in [-0.25, -0.2) is 0 Å². The fourth-order valence-corrected chi connectivity index (χ4v) is 8.06. The van der Waals surface area contributed by atoms with Gasteiger partial charge in [0, 0.05) is 19.3 Å². The van der Waals surface area contributed by atoms with Crippen LogP contribution in [-0.2, 0) is 28.6 Å². The van der Waals surface area contributed by atoms with E-state index in [1.807, 2.05) is 0 Å². The molecule has 2 atom stereocenters. The molecule has 2 unspecified atom stereocenters. The molecule has 0 aromatic carbocycles. The molecule has 0 radical (unpaired) electrons. The molecule has 0 fully saturated rings. The molecule has 0 aliphatic heterocycles. The minimum atomic E-state index is -1.12. The van der Waals surface area contributed by atoms with Crippen molar-refractivity contribution in [3.05, 3.63) is 48.6 Å². The molecule has 8 nitrogen and oxygen atoms in total. The van der Waals surface area contributed by atoms with Crippen LogP contribution in [-0.4, -0.2) is 75.5 Å². The van der Waals surface area contributed by atoms with Crippen molar-refractivity contribution >= 4 is 17.9 Å². The van der Waals surface area contributed by atoms with Gasteiger partial charge in [0.2, 0.25) is 0 Å². The first-order chi connectivity index (χ1) is 31.6. The van der Waals surface area contributed by atoms with Crippen molar-refractivity contribution in [2.24, 2.45) is 0 Å². The Balaban J connectivity index is 4.21. The SMILES string of the molecule is CC/C=C\C/C=C\C/C=C\C/C=C\CCCCCCCCCCC(=O)OC(COCCC(C(=O)[O-])[N+](C)(C)C)COC(=O)CCCCCCCCCCCCCCCCCCCCCC. The van der Waals surface area contributed by atoms with E-state index in [-0.39, 0.29) is 42.7 Å². The van der Waals surface area contributed by atoms with Gasteiger partial charge in [-0.1, -0.05) is 223 Å². The molecule has 378 valence electrons. The molecule has 0 aromatic heterocycles. The van der Waals surface area contributed by atoms with Crippen LogP contribution in [0, 0.1) is 0 Å². The highest BCUT2D eigenvalue weighted by molar-refractivity contribution is 5.70. The van der Waals surface area contributed by atoms with Crippen LogP contribution in [0.5, 0.6) is 0 Å². The van der Waals surface area contributed by atoms with E-state index in [9.17, 15) is 19.5 Å². The second-order valence-corrected chi connectivity index (χ2v) is 19.4. The first-order valence-electron chi connectivity index (χ1n) is 27.2. The van der Waals surface area contributed by atoms with Crippen LogP contribution in [0.15, 0.2) is 48.6 Å². The molecular weight excluding hydrogens is 811 g/mol. The van der Waals surface area contributed by atoms with Crippen LogP contribution in [0.2, 0.25) is 0 Å². The average molecular weight is 914 g/mol. The number of carbonyl (C=O) groups is 3. The highest BCUT2D eigenvalue weighted by Gasteiger charge is 2.25. The topological polar surface area (TPSA) is 102 Å². The average Bonchev–Trinajstić information content (AvgIpc) is 3.27. The van der Waals surface area contributed by atoms with Gasteiger partial charge in [-0.2, -0.15) is 0 Å². The van der Waals surface area contributed by atoms with Crippen molar-refractivity contribution in [2.45, 2.75) is 257 Å². The number of allylic oxidation sites excluding steroid dienone is 8. The van der Waals surface area contributed by atoms with E-state index in [2.05, 4.69) is 62.5 Å². The number of likely N-dealkylation sites (N-methyl/N-ethyl adjacent to an activating group) is 1. The Hall–Kier alpha value is -2.71. The minimum absolute atomic E-state index is 0.0392. The monoisotopic (exact) mass is 914 g/mol. The van der Waals surface area contributed by atoms with Crippen molar-refractivity contribution in [1.82, 2.24) is 0 Å². The smallest absolute Gasteiger partial charge is 0.306 e. The molecule has 0 spiro atoms. The van der Waals surface area contributed by atoms with E-state index in [4.69, 9.17) is 14.2 Å². The summed E-state index contributed by atoms with van der Waals surface area (Å²) in [6, 6.07) is -0.728. The number of nitrogens with zero attached hydrogens (tertiary/aromatic N) is 1. The summed E-state index contributed by atoms with van der Waals surface area (Å²) < 4.78 is 17.3. The summed E-state index contributed by atoms with van der Waals surface area (Å²) in [5.41, 5.74) is 0. The molecular formula is C57H103NO7. The number of carbonyl (C=O) groups excluding carboxylic acids is 3. The number of carboxylic acid groups (broad SMARTS) is 1. The normalized spacial score (nSPS) is 13.2. The van der Waals surface area contributed by atoms with Crippen molar-refractivity contribution in [3.8, 4) is 0 Å². The zero-order valence-corrected chi connectivity index (χ0v) is 43.2. The second kappa shape index (κ2) is 47.8. The number of esters is 2. The van der Waals surface area contributed by atoms with Crippen molar-refractivity contribution in [2.75, 3.05) is 41.0 Å². The first-order valence-corrected chi connectivity index (χ1v) is 27.2. The largest absolute Gasteiger partial charge is 0.544 e. The molecule has 65 heavy (non-hydrogen) atoms. The van der Waals surface area contributed by atoms with Gasteiger partial charge in [-0.15, -0.1) is 0 Å². The van der Waals surface area contributed by atoms with Gasteiger partial charge in [0.1, 0.15) is 12.6 Å². The maximum atomic E-state index is 12.8. The Labute approximate surface area is 401 Å². The number of hydrogen-bond donors (Lipinski definition) is 0. The maximum Gasteiger partial charge on any atom is 0.306 e. The molecule has 0 saturated heterocycles. The number of rotatable bonds is 49. The van der Waals surface area contributed by atoms with Crippen molar-refractivity contribution < 1.29 is 38.2 Å². The van der Waals surface area contributed by atoms with Crippen molar-refractivity contribution in [1.29, 1.82) is 0 Å². The van der Waals surface area contributed by atoms with Crippen LogP contribution in [0.25, 0.3) is 0 Å². The minimum Gasteiger partial charge on any atom is -0.544 e. The highest BCUT2D eigenvalue weighted by atomic mass is 16.6. The summed E-state index contributed by atoms with van der Waals surface area (Å²) in [5.74, 6) is -1.73. The third kappa shape index (κ3) is 46.2. The fraction of sp³-hybridized carbons (Fsp3) is 0.807. The highest BCUT2D eigenvalue weighted by Crippen LogP contribution is 2.16. The Morgan fingerprint density at radius 1 is 0.477 bits per heavy atom. The molecule has 0 amide bonds. The Morgan fingerprint density at radius 2 is 0.862 bits per heavy atom. The number of aliphatic carboxylic acids is 1. The molecule has 0 N–H and O–H groups in total. The molecule has 0 rings (SSSR count). The molecule has 0 aliphatic rings. The van der Waals surface area contributed by atoms with Crippen LogP contribution in [0.3, 0.4) is 0 Å². The second-order valence-electron chi connectivity index (χ2n) is 19.4. The molecule has 0 heterocycles.